The molecule has 0 bridgehead atoms. The summed E-state index contributed by atoms with van der Waals surface area (Å²) >= 11 is 0. The van der Waals surface area contributed by atoms with Crippen LogP contribution in [-0.4, -0.2) is 41.5 Å². The van der Waals surface area contributed by atoms with Gasteiger partial charge in [-0.3, -0.25) is 9.78 Å². The minimum absolute atomic E-state index is 0.0156. The minimum Gasteiger partial charge on any atom is -0.353 e. The summed E-state index contributed by atoms with van der Waals surface area (Å²) in [5.41, 5.74) is 2.15. The van der Waals surface area contributed by atoms with Crippen molar-refractivity contribution in [3.05, 3.63) is 65.7 Å². The third kappa shape index (κ3) is 5.64. The summed E-state index contributed by atoms with van der Waals surface area (Å²) in [5, 5.41) is 3.11. The fourth-order valence-corrected chi connectivity index (χ4v) is 3.20. The number of piperidine rings is 1. The number of hydrogen-bond donors (Lipinski definition) is 1. The average molecular weight is 341 g/mol. The van der Waals surface area contributed by atoms with Gasteiger partial charge in [0, 0.05) is 38.1 Å². The molecule has 4 nitrogen and oxygen atoms in total. The third-order valence-electron chi connectivity index (χ3n) is 4.70. The smallest absolute Gasteiger partial charge is 0.224 e. The van der Waals surface area contributed by atoms with Gasteiger partial charge in [-0.05, 0) is 54.7 Å². The molecular formula is C20H24FN3O. The highest BCUT2D eigenvalue weighted by atomic mass is 19.1. The molecule has 0 atom stereocenters. The molecule has 0 saturated carbocycles. The maximum Gasteiger partial charge on any atom is 0.224 e. The van der Waals surface area contributed by atoms with Gasteiger partial charge in [-0.2, -0.15) is 0 Å². The lowest BCUT2D eigenvalue weighted by atomic mass is 10.0. The fourth-order valence-electron chi connectivity index (χ4n) is 3.20. The molecule has 3 rings (SSSR count). The first-order chi connectivity index (χ1) is 12.2. The van der Waals surface area contributed by atoms with Crippen LogP contribution in [0.3, 0.4) is 0 Å². The highest BCUT2D eigenvalue weighted by molar-refractivity contribution is 5.78. The van der Waals surface area contributed by atoms with Crippen molar-refractivity contribution in [3.8, 4) is 0 Å². The number of benzene rings is 1. The predicted molar refractivity (Wildman–Crippen MR) is 95.6 cm³/mol. The van der Waals surface area contributed by atoms with Gasteiger partial charge in [-0.25, -0.2) is 4.39 Å². The van der Waals surface area contributed by atoms with E-state index in [0.29, 0.717) is 6.42 Å². The molecule has 1 N–H and O–H groups in total. The third-order valence-corrected chi connectivity index (χ3v) is 4.70. The Balaban J connectivity index is 1.37. The van der Waals surface area contributed by atoms with Gasteiger partial charge in [0.15, 0.2) is 0 Å². The number of amides is 1. The molecule has 132 valence electrons. The van der Waals surface area contributed by atoms with Crippen LogP contribution < -0.4 is 5.32 Å². The van der Waals surface area contributed by atoms with Crippen LogP contribution in [-0.2, 0) is 17.6 Å². The highest BCUT2D eigenvalue weighted by Gasteiger charge is 2.20. The molecule has 0 radical (unpaired) electrons. The molecular weight excluding hydrogens is 317 g/mol. The van der Waals surface area contributed by atoms with E-state index in [4.69, 9.17) is 0 Å². The van der Waals surface area contributed by atoms with Crippen molar-refractivity contribution in [2.45, 2.75) is 31.7 Å². The number of carbonyl (C=O) groups is 1. The molecule has 0 aliphatic carbocycles. The Morgan fingerprint density at radius 2 is 1.76 bits per heavy atom. The SMILES string of the molecule is O=C(Cc1ccc(F)cc1)NC1CCN(CCc2ccncc2)CC1. The molecule has 0 spiro atoms. The van der Waals surface area contributed by atoms with Gasteiger partial charge >= 0.3 is 0 Å². The number of aromatic nitrogens is 1. The van der Waals surface area contributed by atoms with E-state index in [1.807, 2.05) is 12.4 Å². The molecule has 2 aromatic rings. The van der Waals surface area contributed by atoms with E-state index in [0.717, 1.165) is 44.5 Å². The number of halogens is 1. The van der Waals surface area contributed by atoms with Crippen LogP contribution in [0.4, 0.5) is 4.39 Å². The van der Waals surface area contributed by atoms with Crippen LogP contribution in [0.1, 0.15) is 24.0 Å². The van der Waals surface area contributed by atoms with Crippen molar-refractivity contribution in [3.63, 3.8) is 0 Å². The number of carbonyl (C=O) groups excluding carboxylic acids is 1. The maximum absolute atomic E-state index is 12.9. The molecule has 1 fully saturated rings. The minimum atomic E-state index is -0.275. The standard InChI is InChI=1S/C20H24FN3O/c21-18-3-1-17(2-4-18)15-20(25)23-19-8-13-24(14-9-19)12-7-16-5-10-22-11-6-16/h1-6,10-11,19H,7-9,12-15H2,(H,23,25). The first-order valence-corrected chi connectivity index (χ1v) is 8.84. The van der Waals surface area contributed by atoms with E-state index in [1.54, 1.807) is 12.1 Å². The topological polar surface area (TPSA) is 45.2 Å². The van der Waals surface area contributed by atoms with Gasteiger partial charge in [-0.1, -0.05) is 12.1 Å². The number of rotatable bonds is 6. The Morgan fingerprint density at radius 1 is 1.08 bits per heavy atom. The van der Waals surface area contributed by atoms with Crippen molar-refractivity contribution < 1.29 is 9.18 Å². The van der Waals surface area contributed by atoms with Crippen molar-refractivity contribution in [1.82, 2.24) is 15.2 Å². The zero-order valence-corrected chi connectivity index (χ0v) is 14.3. The molecule has 1 saturated heterocycles. The van der Waals surface area contributed by atoms with E-state index >= 15 is 0 Å². The second kappa shape index (κ2) is 8.72. The van der Waals surface area contributed by atoms with Gasteiger partial charge in [0.2, 0.25) is 5.91 Å². The first kappa shape index (κ1) is 17.5. The summed E-state index contributed by atoms with van der Waals surface area (Å²) in [4.78, 5) is 18.6. The summed E-state index contributed by atoms with van der Waals surface area (Å²) in [7, 11) is 0. The van der Waals surface area contributed by atoms with Crippen LogP contribution in [0.2, 0.25) is 0 Å². The lowest BCUT2D eigenvalue weighted by Crippen LogP contribution is -2.45. The second-order valence-electron chi connectivity index (χ2n) is 6.59. The molecule has 1 amide bonds. The van der Waals surface area contributed by atoms with Crippen molar-refractivity contribution in [1.29, 1.82) is 0 Å². The van der Waals surface area contributed by atoms with Crippen LogP contribution in [0, 0.1) is 5.82 Å². The zero-order chi connectivity index (χ0) is 17.5. The van der Waals surface area contributed by atoms with Crippen molar-refractivity contribution in [2.24, 2.45) is 0 Å². The van der Waals surface area contributed by atoms with E-state index < -0.39 is 0 Å². The van der Waals surface area contributed by atoms with Crippen LogP contribution in [0.25, 0.3) is 0 Å². The van der Waals surface area contributed by atoms with Crippen molar-refractivity contribution >= 4 is 5.91 Å². The number of pyridine rings is 1. The molecule has 25 heavy (non-hydrogen) atoms. The molecule has 0 unspecified atom stereocenters. The van der Waals surface area contributed by atoms with Gasteiger partial charge in [0.1, 0.15) is 5.82 Å². The summed E-state index contributed by atoms with van der Waals surface area (Å²) in [6.07, 6.45) is 6.96. The first-order valence-electron chi connectivity index (χ1n) is 8.84. The largest absolute Gasteiger partial charge is 0.353 e. The van der Waals surface area contributed by atoms with Crippen LogP contribution in [0.5, 0.6) is 0 Å². The zero-order valence-electron chi connectivity index (χ0n) is 14.3. The van der Waals surface area contributed by atoms with Gasteiger partial charge in [0.05, 0.1) is 6.42 Å². The van der Waals surface area contributed by atoms with Gasteiger partial charge in [-0.15, -0.1) is 0 Å². The number of nitrogens with zero attached hydrogens (tertiary/aromatic N) is 2. The summed E-state index contributed by atoms with van der Waals surface area (Å²) < 4.78 is 12.9. The summed E-state index contributed by atoms with van der Waals surface area (Å²) in [6.45, 7) is 3.05. The Labute approximate surface area is 148 Å². The quantitative estimate of drug-likeness (QED) is 0.878. The summed E-state index contributed by atoms with van der Waals surface area (Å²) in [5.74, 6) is -0.259. The molecule has 1 aliphatic rings. The van der Waals surface area contributed by atoms with Gasteiger partial charge in [0.25, 0.3) is 0 Å². The monoisotopic (exact) mass is 341 g/mol. The Morgan fingerprint density at radius 3 is 2.44 bits per heavy atom. The Kier molecular flexibility index (Phi) is 6.12. The molecule has 1 aliphatic heterocycles. The van der Waals surface area contributed by atoms with Crippen LogP contribution in [0.15, 0.2) is 48.8 Å². The average Bonchev–Trinajstić information content (AvgIpc) is 2.64. The normalized spacial score (nSPS) is 15.9. The molecule has 1 aromatic heterocycles. The number of likely N-dealkylation sites (tertiary alicyclic amines) is 1. The fraction of sp³-hybridized carbons (Fsp3) is 0.400. The molecule has 2 heterocycles. The Hall–Kier alpha value is -2.27. The van der Waals surface area contributed by atoms with E-state index in [2.05, 4.69) is 27.3 Å². The summed E-state index contributed by atoms with van der Waals surface area (Å²) in [6, 6.07) is 10.5. The molecule has 1 aromatic carbocycles. The van der Waals surface area contributed by atoms with Crippen molar-refractivity contribution in [2.75, 3.05) is 19.6 Å². The Bertz CT molecular complexity index is 667. The van der Waals surface area contributed by atoms with E-state index in [1.165, 1.54) is 17.7 Å². The number of hydrogen-bond acceptors (Lipinski definition) is 3. The van der Waals surface area contributed by atoms with E-state index in [9.17, 15) is 9.18 Å². The predicted octanol–water partition coefficient (Wildman–Crippen LogP) is 2.59. The highest BCUT2D eigenvalue weighted by Crippen LogP contribution is 2.12. The maximum atomic E-state index is 12.9. The lowest BCUT2D eigenvalue weighted by molar-refractivity contribution is -0.121. The number of nitrogens with one attached hydrogen (secondary N) is 1. The van der Waals surface area contributed by atoms with E-state index in [-0.39, 0.29) is 17.8 Å². The second-order valence-corrected chi connectivity index (χ2v) is 6.59. The van der Waals surface area contributed by atoms with Gasteiger partial charge < -0.3 is 10.2 Å². The van der Waals surface area contributed by atoms with Crippen LogP contribution >= 0.6 is 0 Å². The molecule has 5 heteroatoms. The lowest BCUT2D eigenvalue weighted by Gasteiger charge is -2.32.